The van der Waals surface area contributed by atoms with Gasteiger partial charge in [-0.15, -0.1) is 0 Å². The van der Waals surface area contributed by atoms with E-state index in [1.165, 1.54) is 10.4 Å². The van der Waals surface area contributed by atoms with E-state index >= 15 is 0 Å². The summed E-state index contributed by atoms with van der Waals surface area (Å²) in [4.78, 5) is 10.6. The van der Waals surface area contributed by atoms with Gasteiger partial charge in [-0.1, -0.05) is 0 Å². The topological polar surface area (TPSA) is 46.5 Å². The highest BCUT2D eigenvalue weighted by Gasteiger charge is 2.00. The van der Waals surface area contributed by atoms with Crippen LogP contribution in [0.15, 0.2) is 12.5 Å². The van der Waals surface area contributed by atoms with Crippen LogP contribution >= 0.6 is 24.0 Å². The minimum absolute atomic E-state index is 0.433. The molecular weight excluding hydrogens is 184 g/mol. The fourth-order valence-corrected chi connectivity index (χ4v) is 1.20. The van der Waals surface area contributed by atoms with Crippen molar-refractivity contribution in [3.8, 4) is 0 Å². The van der Waals surface area contributed by atoms with Gasteiger partial charge in [0.05, 0.1) is 6.20 Å². The molecular formula is C5H3ClN4S. The molecule has 0 bridgehead atoms. The molecule has 11 heavy (non-hydrogen) atoms. The molecule has 0 amide bonds. The summed E-state index contributed by atoms with van der Waals surface area (Å²) in [7, 11) is 0. The number of aromatic nitrogens is 4. The minimum atomic E-state index is 0.433. The van der Waals surface area contributed by atoms with Gasteiger partial charge in [-0.2, -0.15) is 0 Å². The lowest BCUT2D eigenvalue weighted by Crippen LogP contribution is -1.82. The van der Waals surface area contributed by atoms with Gasteiger partial charge in [0.2, 0.25) is 0 Å². The van der Waals surface area contributed by atoms with Gasteiger partial charge in [0, 0.05) is 11.8 Å². The Balaban J connectivity index is 3.04. The Morgan fingerprint density at radius 3 is 3.18 bits per heavy atom. The summed E-state index contributed by atoms with van der Waals surface area (Å²) in [5, 5.41) is 0. The van der Waals surface area contributed by atoms with Crippen LogP contribution in [0.25, 0.3) is 11.2 Å². The second-order valence-electron chi connectivity index (χ2n) is 1.97. The van der Waals surface area contributed by atoms with Crippen LogP contribution < -0.4 is 0 Å². The maximum atomic E-state index is 5.73. The van der Waals surface area contributed by atoms with Crippen LogP contribution in [0, 0.1) is 4.77 Å². The average molecular weight is 187 g/mol. The third kappa shape index (κ3) is 0.928. The number of hydrogen-bond acceptors (Lipinski definition) is 3. The van der Waals surface area contributed by atoms with Crippen molar-refractivity contribution in [3.63, 3.8) is 0 Å². The maximum Gasteiger partial charge on any atom is 0.194 e. The highest BCUT2D eigenvalue weighted by molar-refractivity contribution is 7.71. The van der Waals surface area contributed by atoms with Crippen molar-refractivity contribution >= 4 is 35.2 Å². The van der Waals surface area contributed by atoms with Crippen molar-refractivity contribution in [2.75, 3.05) is 0 Å². The summed E-state index contributed by atoms with van der Waals surface area (Å²) >= 11 is 10.6. The van der Waals surface area contributed by atoms with Crippen LogP contribution in [0.5, 0.6) is 0 Å². The monoisotopic (exact) mass is 186 g/mol. The molecule has 2 rings (SSSR count). The zero-order chi connectivity index (χ0) is 7.84. The first-order valence-corrected chi connectivity index (χ1v) is 3.60. The summed E-state index contributed by atoms with van der Waals surface area (Å²) in [6.45, 7) is 0. The van der Waals surface area contributed by atoms with E-state index in [0.717, 1.165) is 5.52 Å². The molecule has 0 aliphatic heterocycles. The summed E-state index contributed by atoms with van der Waals surface area (Å²) in [5.41, 5.74) is 1.35. The molecule has 56 valence electrons. The molecule has 2 heterocycles. The van der Waals surface area contributed by atoms with Crippen molar-refractivity contribution in [2.24, 2.45) is 0 Å². The minimum Gasteiger partial charge on any atom is -0.327 e. The van der Waals surface area contributed by atoms with E-state index in [2.05, 4.69) is 15.0 Å². The molecule has 0 spiro atoms. The Morgan fingerprint density at radius 2 is 2.45 bits per heavy atom. The van der Waals surface area contributed by atoms with Crippen LogP contribution in [0.3, 0.4) is 0 Å². The Kier molecular flexibility index (Phi) is 1.40. The predicted molar refractivity (Wildman–Crippen MR) is 44.0 cm³/mol. The number of imidazole rings is 1. The maximum absolute atomic E-state index is 5.73. The van der Waals surface area contributed by atoms with Crippen LogP contribution in [-0.4, -0.2) is 19.0 Å². The van der Waals surface area contributed by atoms with E-state index in [0.29, 0.717) is 10.4 Å². The van der Waals surface area contributed by atoms with E-state index in [1.54, 1.807) is 6.20 Å². The molecule has 0 unspecified atom stereocenters. The Bertz CT molecular complexity index is 445. The second-order valence-corrected chi connectivity index (χ2v) is 2.70. The normalized spacial score (nSPS) is 10.6. The van der Waals surface area contributed by atoms with E-state index in [1.807, 2.05) is 0 Å². The highest BCUT2D eigenvalue weighted by atomic mass is 35.5. The van der Waals surface area contributed by atoms with Gasteiger partial charge in [-0.25, -0.2) is 14.1 Å². The molecule has 6 heteroatoms. The third-order valence-electron chi connectivity index (χ3n) is 1.30. The molecule has 0 atom stereocenters. The number of rotatable bonds is 0. The quantitative estimate of drug-likeness (QED) is 0.635. The van der Waals surface area contributed by atoms with Crippen molar-refractivity contribution in [1.29, 1.82) is 0 Å². The van der Waals surface area contributed by atoms with Gasteiger partial charge in [-0.05, 0) is 12.2 Å². The first-order chi connectivity index (χ1) is 5.29. The zero-order valence-corrected chi connectivity index (χ0v) is 6.85. The number of hydrogen-bond donors (Lipinski definition) is 1. The average Bonchev–Trinajstić information content (AvgIpc) is 2.30. The van der Waals surface area contributed by atoms with Crippen molar-refractivity contribution in [1.82, 2.24) is 19.0 Å². The van der Waals surface area contributed by atoms with Gasteiger partial charge in [-0.3, -0.25) is 0 Å². The van der Waals surface area contributed by atoms with Gasteiger partial charge >= 0.3 is 0 Å². The van der Waals surface area contributed by atoms with Gasteiger partial charge in [0.1, 0.15) is 11.8 Å². The van der Waals surface area contributed by atoms with E-state index in [4.69, 9.17) is 24.0 Å². The predicted octanol–water partition coefficient (Wildman–Crippen LogP) is 1.49. The van der Waals surface area contributed by atoms with E-state index < -0.39 is 0 Å². The highest BCUT2D eigenvalue weighted by Crippen LogP contribution is 2.09. The van der Waals surface area contributed by atoms with Crippen LogP contribution in [-0.2, 0) is 0 Å². The van der Waals surface area contributed by atoms with Crippen LogP contribution in [0.2, 0.25) is 0 Å². The van der Waals surface area contributed by atoms with Crippen molar-refractivity contribution < 1.29 is 0 Å². The fourth-order valence-electron chi connectivity index (χ4n) is 0.828. The Hall–Kier alpha value is -0.940. The first kappa shape index (κ1) is 6.75. The van der Waals surface area contributed by atoms with Crippen LogP contribution in [0.1, 0.15) is 0 Å². The summed E-state index contributed by atoms with van der Waals surface area (Å²) in [6.07, 6.45) is 3.04. The standard InChI is InChI=1S/C5H3ClN4S/c6-10-4-3(9-5(10)11)1-7-2-8-4/h1-2H,(H,9,11). The van der Waals surface area contributed by atoms with Crippen molar-refractivity contribution in [3.05, 3.63) is 17.3 Å². The Morgan fingerprint density at radius 1 is 1.64 bits per heavy atom. The fraction of sp³-hybridized carbons (Fsp3) is 0. The van der Waals surface area contributed by atoms with Crippen LogP contribution in [0.4, 0.5) is 0 Å². The number of nitrogens with zero attached hydrogens (tertiary/aromatic N) is 3. The lowest BCUT2D eigenvalue weighted by molar-refractivity contribution is 1.15. The smallest absolute Gasteiger partial charge is 0.194 e. The SMILES string of the molecule is S=c1[nH]c2cncnc2n1Cl. The summed E-state index contributed by atoms with van der Waals surface area (Å²) in [6, 6.07) is 0. The van der Waals surface area contributed by atoms with Gasteiger partial charge < -0.3 is 4.98 Å². The molecule has 1 N–H and O–H groups in total. The number of H-pyrrole nitrogens is 1. The zero-order valence-electron chi connectivity index (χ0n) is 5.28. The molecule has 2 aromatic heterocycles. The lowest BCUT2D eigenvalue weighted by Gasteiger charge is -1.86. The molecule has 0 aliphatic rings. The number of fused-ring (bicyclic) bond motifs is 1. The molecule has 0 aromatic carbocycles. The molecule has 0 radical (unpaired) electrons. The van der Waals surface area contributed by atoms with Gasteiger partial charge in [0.15, 0.2) is 10.4 Å². The molecule has 0 saturated heterocycles. The Labute approximate surface area is 72.0 Å². The summed E-state index contributed by atoms with van der Waals surface area (Å²) in [5.74, 6) is 0. The number of nitrogens with one attached hydrogen (secondary N) is 1. The molecule has 2 aromatic rings. The second kappa shape index (κ2) is 2.28. The lowest BCUT2D eigenvalue weighted by atomic mass is 10.6. The third-order valence-corrected chi connectivity index (χ3v) is 2.01. The van der Waals surface area contributed by atoms with E-state index in [-0.39, 0.29) is 0 Å². The molecule has 0 aliphatic carbocycles. The van der Waals surface area contributed by atoms with Gasteiger partial charge in [0.25, 0.3) is 0 Å². The largest absolute Gasteiger partial charge is 0.327 e. The number of halogens is 1. The molecule has 0 fully saturated rings. The van der Waals surface area contributed by atoms with E-state index in [9.17, 15) is 0 Å². The van der Waals surface area contributed by atoms with Crippen molar-refractivity contribution in [2.45, 2.75) is 0 Å². The molecule has 4 nitrogen and oxygen atoms in total. The number of aromatic amines is 1. The molecule has 0 saturated carbocycles. The first-order valence-electron chi connectivity index (χ1n) is 2.86. The summed E-state index contributed by atoms with van der Waals surface area (Å²) < 4.78 is 1.72.